The molecule has 0 saturated carbocycles. The lowest BCUT2D eigenvalue weighted by Crippen LogP contribution is -2.37. The van der Waals surface area contributed by atoms with Gasteiger partial charge in [0.15, 0.2) is 0 Å². The van der Waals surface area contributed by atoms with Crippen molar-refractivity contribution in [2.45, 2.75) is 32.8 Å². The Morgan fingerprint density at radius 3 is 2.59 bits per heavy atom. The average molecular weight is 300 g/mol. The van der Waals surface area contributed by atoms with Gasteiger partial charge in [-0.2, -0.15) is 0 Å². The molecule has 1 aromatic rings. The normalized spacial score (nSPS) is 12.2. The fourth-order valence-corrected chi connectivity index (χ4v) is 2.37. The first-order valence-corrected chi connectivity index (χ1v) is 6.73. The van der Waals surface area contributed by atoms with Gasteiger partial charge in [0.05, 0.1) is 5.60 Å². The van der Waals surface area contributed by atoms with Crippen LogP contribution in [0.4, 0.5) is 0 Å². The van der Waals surface area contributed by atoms with E-state index < -0.39 is 5.60 Å². The lowest BCUT2D eigenvalue weighted by Gasteiger charge is -2.25. The lowest BCUT2D eigenvalue weighted by molar-refractivity contribution is 0.0450. The Balaban J connectivity index is 2.53. The molecule has 0 heterocycles. The highest BCUT2D eigenvalue weighted by Crippen LogP contribution is 2.17. The Bertz CT molecular complexity index is 371. The summed E-state index contributed by atoms with van der Waals surface area (Å²) in [5.74, 6) is 0. The Morgan fingerprint density at radius 2 is 2.00 bits per heavy atom. The fourth-order valence-electron chi connectivity index (χ4n) is 1.96. The highest BCUT2D eigenvalue weighted by molar-refractivity contribution is 9.10. The molecule has 96 valence electrons. The quantitative estimate of drug-likeness (QED) is 0.903. The van der Waals surface area contributed by atoms with Gasteiger partial charge in [-0.05, 0) is 57.5 Å². The molecule has 0 radical (unpaired) electrons. The number of aryl methyl sites for hydroxylation is 1. The van der Waals surface area contributed by atoms with Crippen molar-refractivity contribution in [1.82, 2.24) is 4.90 Å². The average Bonchev–Trinajstić information content (AvgIpc) is 2.17. The Morgan fingerprint density at radius 1 is 1.35 bits per heavy atom. The number of halogens is 1. The smallest absolute Gasteiger partial charge is 0.0718 e. The second kappa shape index (κ2) is 5.98. The molecular formula is C14H22BrNO. The van der Waals surface area contributed by atoms with Crippen LogP contribution >= 0.6 is 15.9 Å². The Kier molecular flexibility index (Phi) is 5.17. The van der Waals surface area contributed by atoms with Crippen LogP contribution < -0.4 is 0 Å². The molecule has 17 heavy (non-hydrogen) atoms. The summed E-state index contributed by atoms with van der Waals surface area (Å²) >= 11 is 3.50. The Labute approximate surface area is 113 Å². The summed E-state index contributed by atoms with van der Waals surface area (Å²) in [6.45, 7) is 7.47. The van der Waals surface area contributed by atoms with E-state index in [2.05, 4.69) is 46.0 Å². The minimum absolute atomic E-state index is 0.624. The van der Waals surface area contributed by atoms with Crippen LogP contribution in [0.15, 0.2) is 22.7 Å². The van der Waals surface area contributed by atoms with E-state index in [-0.39, 0.29) is 0 Å². The molecule has 0 aliphatic rings. The molecule has 0 aliphatic heterocycles. The van der Waals surface area contributed by atoms with Crippen LogP contribution in [0.2, 0.25) is 0 Å². The number of rotatable bonds is 5. The van der Waals surface area contributed by atoms with E-state index in [0.29, 0.717) is 6.54 Å². The number of benzene rings is 1. The van der Waals surface area contributed by atoms with Gasteiger partial charge in [-0.3, -0.25) is 0 Å². The third-order valence-electron chi connectivity index (χ3n) is 2.73. The summed E-state index contributed by atoms with van der Waals surface area (Å²) in [5.41, 5.74) is 2.06. The molecule has 0 saturated heterocycles. The second-order valence-corrected chi connectivity index (χ2v) is 6.29. The minimum atomic E-state index is -0.624. The van der Waals surface area contributed by atoms with Gasteiger partial charge in [0, 0.05) is 17.6 Å². The van der Waals surface area contributed by atoms with Gasteiger partial charge in [-0.15, -0.1) is 0 Å². The molecule has 0 fully saturated rings. The summed E-state index contributed by atoms with van der Waals surface area (Å²) in [6, 6.07) is 6.38. The summed E-state index contributed by atoms with van der Waals surface area (Å²) in [6.07, 6.45) is 1.01. The zero-order valence-electron chi connectivity index (χ0n) is 11.1. The van der Waals surface area contributed by atoms with Crippen molar-refractivity contribution < 1.29 is 5.11 Å². The van der Waals surface area contributed by atoms with Gasteiger partial charge in [0.1, 0.15) is 0 Å². The molecule has 0 amide bonds. The Hall–Kier alpha value is -0.380. The first-order valence-electron chi connectivity index (χ1n) is 5.94. The minimum Gasteiger partial charge on any atom is -0.389 e. The fraction of sp³-hybridized carbons (Fsp3) is 0.571. The summed E-state index contributed by atoms with van der Waals surface area (Å²) in [5, 5.41) is 9.73. The van der Waals surface area contributed by atoms with Crippen molar-refractivity contribution in [3.8, 4) is 0 Å². The van der Waals surface area contributed by atoms with Crippen molar-refractivity contribution >= 4 is 15.9 Å². The first-order chi connectivity index (χ1) is 7.78. The first kappa shape index (κ1) is 14.7. The van der Waals surface area contributed by atoms with E-state index in [4.69, 9.17) is 0 Å². The van der Waals surface area contributed by atoms with Crippen LogP contribution in [-0.4, -0.2) is 35.7 Å². The molecule has 1 N–H and O–H groups in total. The predicted octanol–water partition coefficient (Wildman–Crippen LogP) is 3.00. The number of nitrogens with zero attached hydrogens (tertiary/aromatic N) is 1. The molecule has 0 spiro atoms. The van der Waals surface area contributed by atoms with Gasteiger partial charge in [0.2, 0.25) is 0 Å². The SMILES string of the molecule is Cc1ccc(Br)cc1CCN(C)CC(C)(C)O. The van der Waals surface area contributed by atoms with Crippen LogP contribution in [0.25, 0.3) is 0 Å². The van der Waals surface area contributed by atoms with Gasteiger partial charge < -0.3 is 10.0 Å². The summed E-state index contributed by atoms with van der Waals surface area (Å²) in [4.78, 5) is 2.17. The maximum atomic E-state index is 9.73. The van der Waals surface area contributed by atoms with E-state index in [9.17, 15) is 5.11 Å². The maximum Gasteiger partial charge on any atom is 0.0718 e. The predicted molar refractivity (Wildman–Crippen MR) is 76.4 cm³/mol. The number of hydrogen-bond acceptors (Lipinski definition) is 2. The van der Waals surface area contributed by atoms with E-state index in [0.717, 1.165) is 17.4 Å². The third-order valence-corrected chi connectivity index (χ3v) is 3.22. The van der Waals surface area contributed by atoms with Gasteiger partial charge in [0.25, 0.3) is 0 Å². The molecule has 0 bridgehead atoms. The summed E-state index contributed by atoms with van der Waals surface area (Å²) < 4.78 is 1.13. The van der Waals surface area contributed by atoms with Crippen molar-refractivity contribution in [3.05, 3.63) is 33.8 Å². The standard InChI is InChI=1S/C14H22BrNO/c1-11-5-6-13(15)9-12(11)7-8-16(4)10-14(2,3)17/h5-6,9,17H,7-8,10H2,1-4H3. The molecule has 1 aromatic carbocycles. The summed E-state index contributed by atoms with van der Waals surface area (Å²) in [7, 11) is 2.05. The number of aliphatic hydroxyl groups is 1. The molecular weight excluding hydrogens is 278 g/mol. The molecule has 0 atom stereocenters. The zero-order valence-corrected chi connectivity index (χ0v) is 12.7. The van der Waals surface area contributed by atoms with Gasteiger partial charge in [-0.1, -0.05) is 22.0 Å². The van der Waals surface area contributed by atoms with Crippen molar-refractivity contribution in [1.29, 1.82) is 0 Å². The molecule has 3 heteroatoms. The van der Waals surface area contributed by atoms with E-state index >= 15 is 0 Å². The van der Waals surface area contributed by atoms with Crippen LogP contribution in [0.1, 0.15) is 25.0 Å². The molecule has 0 aromatic heterocycles. The monoisotopic (exact) mass is 299 g/mol. The molecule has 1 rings (SSSR count). The highest BCUT2D eigenvalue weighted by atomic mass is 79.9. The van der Waals surface area contributed by atoms with Crippen LogP contribution in [-0.2, 0) is 6.42 Å². The zero-order chi connectivity index (χ0) is 13.1. The lowest BCUT2D eigenvalue weighted by atomic mass is 10.1. The van der Waals surface area contributed by atoms with Crippen LogP contribution in [0.3, 0.4) is 0 Å². The number of likely N-dealkylation sites (N-methyl/N-ethyl adjacent to an activating group) is 1. The maximum absolute atomic E-state index is 9.73. The van der Waals surface area contributed by atoms with Crippen molar-refractivity contribution in [2.75, 3.05) is 20.1 Å². The molecule has 0 aliphatic carbocycles. The largest absolute Gasteiger partial charge is 0.389 e. The van der Waals surface area contributed by atoms with Crippen molar-refractivity contribution in [3.63, 3.8) is 0 Å². The van der Waals surface area contributed by atoms with Gasteiger partial charge in [-0.25, -0.2) is 0 Å². The van der Waals surface area contributed by atoms with Crippen molar-refractivity contribution in [2.24, 2.45) is 0 Å². The highest BCUT2D eigenvalue weighted by Gasteiger charge is 2.15. The van der Waals surface area contributed by atoms with E-state index in [1.54, 1.807) is 0 Å². The van der Waals surface area contributed by atoms with Crippen LogP contribution in [0, 0.1) is 6.92 Å². The van der Waals surface area contributed by atoms with Crippen LogP contribution in [0.5, 0.6) is 0 Å². The molecule has 0 unspecified atom stereocenters. The van der Waals surface area contributed by atoms with E-state index in [1.807, 2.05) is 20.9 Å². The topological polar surface area (TPSA) is 23.5 Å². The molecule has 2 nitrogen and oxygen atoms in total. The number of hydrogen-bond donors (Lipinski definition) is 1. The third kappa shape index (κ3) is 5.66. The van der Waals surface area contributed by atoms with E-state index in [1.165, 1.54) is 11.1 Å². The second-order valence-electron chi connectivity index (χ2n) is 5.37. The van der Waals surface area contributed by atoms with Gasteiger partial charge >= 0.3 is 0 Å².